The highest BCUT2D eigenvalue weighted by Crippen LogP contribution is 2.20. The van der Waals surface area contributed by atoms with Gasteiger partial charge in [-0.2, -0.15) is 0 Å². The van der Waals surface area contributed by atoms with Crippen molar-refractivity contribution < 1.29 is 9.72 Å². The minimum absolute atomic E-state index is 0. The van der Waals surface area contributed by atoms with Gasteiger partial charge >= 0.3 is 0 Å². The maximum atomic E-state index is 11.9. The normalized spacial score (nSPS) is 11.3. The van der Waals surface area contributed by atoms with Gasteiger partial charge in [-0.25, -0.2) is 0 Å². The van der Waals surface area contributed by atoms with E-state index in [0.717, 1.165) is 0 Å². The van der Waals surface area contributed by atoms with Crippen molar-refractivity contribution in [3.63, 3.8) is 0 Å². The fourth-order valence-corrected chi connectivity index (χ4v) is 1.62. The fourth-order valence-electron chi connectivity index (χ4n) is 1.62. The van der Waals surface area contributed by atoms with Crippen LogP contribution in [0, 0.1) is 10.1 Å². The van der Waals surface area contributed by atoms with Crippen molar-refractivity contribution in [2.24, 2.45) is 0 Å². The summed E-state index contributed by atoms with van der Waals surface area (Å²) in [6.07, 6.45) is 0.564. The molecule has 0 heterocycles. The molecule has 1 unspecified atom stereocenters. The van der Waals surface area contributed by atoms with Crippen molar-refractivity contribution in [1.82, 2.24) is 10.6 Å². The van der Waals surface area contributed by atoms with E-state index in [0.29, 0.717) is 24.1 Å². The molecule has 1 rings (SSSR count). The van der Waals surface area contributed by atoms with Gasteiger partial charge in [0.05, 0.1) is 4.92 Å². The maximum Gasteiger partial charge on any atom is 0.273 e. The Morgan fingerprint density at radius 3 is 2.60 bits per heavy atom. The van der Waals surface area contributed by atoms with Gasteiger partial charge in [0.25, 0.3) is 11.6 Å². The molecule has 0 aliphatic heterocycles. The number of nitrogens with zero attached hydrogens (tertiary/aromatic N) is 1. The van der Waals surface area contributed by atoms with E-state index in [9.17, 15) is 14.9 Å². The van der Waals surface area contributed by atoms with E-state index in [1.54, 1.807) is 19.2 Å². The van der Waals surface area contributed by atoms with Crippen LogP contribution < -0.4 is 10.6 Å². The van der Waals surface area contributed by atoms with Crippen LogP contribution in [0.2, 0.25) is 0 Å². The standard InChI is InChI=1S/C13H19N3O3.ClH/c1-4-10-5-6-11(7-12(10)16(18)19)13(17)15-8-9(2)14-3;/h5-7,9,14H,4,8H2,1-3H3,(H,15,17);1H. The molecule has 1 aromatic rings. The second-order valence-electron chi connectivity index (χ2n) is 4.35. The van der Waals surface area contributed by atoms with Gasteiger partial charge in [0.15, 0.2) is 0 Å². The first-order valence-corrected chi connectivity index (χ1v) is 6.22. The van der Waals surface area contributed by atoms with Crippen molar-refractivity contribution >= 4 is 24.0 Å². The second-order valence-corrected chi connectivity index (χ2v) is 4.35. The Kier molecular flexibility index (Phi) is 7.79. The SMILES string of the molecule is CCc1ccc(C(=O)NCC(C)NC)cc1[N+](=O)[O-].Cl. The van der Waals surface area contributed by atoms with Crippen LogP contribution in [0.5, 0.6) is 0 Å². The van der Waals surface area contributed by atoms with Crippen molar-refractivity contribution in [3.8, 4) is 0 Å². The van der Waals surface area contributed by atoms with E-state index in [4.69, 9.17) is 0 Å². The zero-order valence-corrected chi connectivity index (χ0v) is 12.6. The van der Waals surface area contributed by atoms with Crippen LogP contribution in [0.4, 0.5) is 5.69 Å². The first kappa shape index (κ1) is 18.3. The summed E-state index contributed by atoms with van der Waals surface area (Å²) < 4.78 is 0. The number of nitro groups is 1. The molecule has 112 valence electrons. The van der Waals surface area contributed by atoms with Crippen molar-refractivity contribution in [2.75, 3.05) is 13.6 Å². The predicted octanol–water partition coefficient (Wildman–Crippen LogP) is 1.92. The average molecular weight is 302 g/mol. The minimum Gasteiger partial charge on any atom is -0.350 e. The molecular weight excluding hydrogens is 282 g/mol. The molecule has 0 fully saturated rings. The Morgan fingerprint density at radius 2 is 2.10 bits per heavy atom. The molecule has 20 heavy (non-hydrogen) atoms. The quantitative estimate of drug-likeness (QED) is 0.621. The van der Waals surface area contributed by atoms with Gasteiger partial charge in [-0.1, -0.05) is 13.0 Å². The van der Waals surface area contributed by atoms with Crippen LogP contribution >= 0.6 is 12.4 Å². The lowest BCUT2D eigenvalue weighted by atomic mass is 10.1. The van der Waals surface area contributed by atoms with Crippen molar-refractivity contribution in [1.29, 1.82) is 0 Å². The smallest absolute Gasteiger partial charge is 0.273 e. The molecular formula is C13H20ClN3O3. The molecule has 1 atom stereocenters. The van der Waals surface area contributed by atoms with E-state index < -0.39 is 4.92 Å². The summed E-state index contributed by atoms with van der Waals surface area (Å²) >= 11 is 0. The number of nitro benzene ring substituents is 1. The summed E-state index contributed by atoms with van der Waals surface area (Å²) in [4.78, 5) is 22.4. The number of hydrogen-bond acceptors (Lipinski definition) is 4. The highest BCUT2D eigenvalue weighted by Gasteiger charge is 2.16. The molecule has 0 spiro atoms. The molecule has 0 aromatic heterocycles. The molecule has 7 heteroatoms. The van der Waals surface area contributed by atoms with Crippen molar-refractivity contribution in [3.05, 3.63) is 39.4 Å². The fraction of sp³-hybridized carbons (Fsp3) is 0.462. The average Bonchev–Trinajstić information content (AvgIpc) is 2.43. The van der Waals surface area contributed by atoms with Crippen LogP contribution in [0.3, 0.4) is 0 Å². The number of carbonyl (C=O) groups excluding carboxylic acids is 1. The molecule has 0 radical (unpaired) electrons. The molecule has 0 aliphatic carbocycles. The van der Waals surface area contributed by atoms with Gasteiger partial charge < -0.3 is 10.6 Å². The lowest BCUT2D eigenvalue weighted by Gasteiger charge is -2.11. The van der Waals surface area contributed by atoms with Gasteiger partial charge in [-0.15, -0.1) is 12.4 Å². The number of benzene rings is 1. The summed E-state index contributed by atoms with van der Waals surface area (Å²) in [5.41, 5.74) is 0.939. The van der Waals surface area contributed by atoms with E-state index in [1.165, 1.54) is 6.07 Å². The van der Waals surface area contributed by atoms with Crippen LogP contribution in [-0.2, 0) is 6.42 Å². The number of amides is 1. The van der Waals surface area contributed by atoms with Crippen LogP contribution in [-0.4, -0.2) is 30.5 Å². The number of rotatable bonds is 6. The third kappa shape index (κ3) is 4.79. The first-order chi connectivity index (χ1) is 8.99. The second kappa shape index (κ2) is 8.50. The highest BCUT2D eigenvalue weighted by molar-refractivity contribution is 5.95. The van der Waals surface area contributed by atoms with Gasteiger partial charge in [0, 0.05) is 29.8 Å². The molecule has 0 saturated carbocycles. The number of nitrogens with one attached hydrogen (secondary N) is 2. The zero-order valence-electron chi connectivity index (χ0n) is 11.8. The predicted molar refractivity (Wildman–Crippen MR) is 80.6 cm³/mol. The Bertz CT molecular complexity index is 480. The summed E-state index contributed by atoms with van der Waals surface area (Å²) in [6.45, 7) is 4.25. The molecule has 6 nitrogen and oxygen atoms in total. The molecule has 0 saturated heterocycles. The maximum absolute atomic E-state index is 11.9. The van der Waals surface area contributed by atoms with E-state index in [1.807, 2.05) is 13.8 Å². The number of aryl methyl sites for hydroxylation is 1. The molecule has 1 aromatic carbocycles. The lowest BCUT2D eigenvalue weighted by molar-refractivity contribution is -0.385. The minimum atomic E-state index is -0.453. The van der Waals surface area contributed by atoms with Gasteiger partial charge in [-0.05, 0) is 26.5 Å². The summed E-state index contributed by atoms with van der Waals surface area (Å²) in [5.74, 6) is -0.298. The van der Waals surface area contributed by atoms with Crippen LogP contribution in [0.15, 0.2) is 18.2 Å². The van der Waals surface area contributed by atoms with Crippen LogP contribution in [0.1, 0.15) is 29.8 Å². The highest BCUT2D eigenvalue weighted by atomic mass is 35.5. The Balaban J connectivity index is 0.00000361. The van der Waals surface area contributed by atoms with Gasteiger partial charge in [0.1, 0.15) is 0 Å². The summed E-state index contributed by atoms with van der Waals surface area (Å²) in [6, 6.07) is 4.73. The molecule has 1 amide bonds. The first-order valence-electron chi connectivity index (χ1n) is 6.22. The van der Waals surface area contributed by atoms with E-state index in [2.05, 4.69) is 10.6 Å². The Labute approximate surface area is 124 Å². The van der Waals surface area contributed by atoms with Gasteiger partial charge in [0.2, 0.25) is 0 Å². The van der Waals surface area contributed by atoms with Crippen molar-refractivity contribution in [2.45, 2.75) is 26.3 Å². The topological polar surface area (TPSA) is 84.3 Å². The van der Waals surface area contributed by atoms with E-state index >= 15 is 0 Å². The summed E-state index contributed by atoms with van der Waals surface area (Å²) in [7, 11) is 1.80. The van der Waals surface area contributed by atoms with E-state index in [-0.39, 0.29) is 30.0 Å². The zero-order chi connectivity index (χ0) is 14.4. The summed E-state index contributed by atoms with van der Waals surface area (Å²) in [5, 5.41) is 16.7. The number of hydrogen-bond donors (Lipinski definition) is 2. The number of likely N-dealkylation sites (N-methyl/N-ethyl adjacent to an activating group) is 1. The molecule has 2 N–H and O–H groups in total. The molecule has 0 bridgehead atoms. The molecule has 0 aliphatic rings. The lowest BCUT2D eigenvalue weighted by Crippen LogP contribution is -2.37. The van der Waals surface area contributed by atoms with Gasteiger partial charge in [-0.3, -0.25) is 14.9 Å². The number of carbonyl (C=O) groups is 1. The monoisotopic (exact) mass is 301 g/mol. The Hall–Kier alpha value is -1.66. The Morgan fingerprint density at radius 1 is 1.45 bits per heavy atom. The largest absolute Gasteiger partial charge is 0.350 e. The van der Waals surface area contributed by atoms with Crippen LogP contribution in [0.25, 0.3) is 0 Å². The third-order valence-electron chi connectivity index (χ3n) is 2.99. The number of halogens is 1. The third-order valence-corrected chi connectivity index (χ3v) is 2.99.